The molecule has 6 heteroatoms. The predicted octanol–water partition coefficient (Wildman–Crippen LogP) is 28.6. The number of rotatable bonds is 82. The zero-order valence-corrected chi connectivity index (χ0v) is 63.1. The summed E-state index contributed by atoms with van der Waals surface area (Å²) < 4.78 is 5.52. The lowest BCUT2D eigenvalue weighted by atomic mass is 10.0. The number of ether oxygens (including phenoxy) is 1. The van der Waals surface area contributed by atoms with Crippen LogP contribution in [0.25, 0.3) is 0 Å². The van der Waals surface area contributed by atoms with Crippen molar-refractivity contribution in [1.82, 2.24) is 5.32 Å². The van der Waals surface area contributed by atoms with E-state index in [0.717, 1.165) is 38.5 Å². The second kappa shape index (κ2) is 82.0. The Hall–Kier alpha value is -1.40. The molecule has 548 valence electrons. The van der Waals surface area contributed by atoms with Crippen LogP contribution in [0.5, 0.6) is 0 Å². The number of carbonyl (C=O) groups is 2. The monoisotopic (exact) mass is 1300 g/mol. The molecular weight excluding hydrogens is 1130 g/mol. The lowest BCUT2D eigenvalue weighted by Crippen LogP contribution is -2.45. The molecule has 0 bridgehead atoms. The SMILES string of the molecule is CCCCCCCCCCCCCCCCCCCCCCCCC/C=C/C(O)C(CO)NC(=O)CCCCCCCCCCCCCCCCCCCCCCCCCCCCCCCCCCCOC(=O)CCCCCCCCCCCCCCCCCCC. The smallest absolute Gasteiger partial charge is 0.305 e. The van der Waals surface area contributed by atoms with Crippen molar-refractivity contribution >= 4 is 11.9 Å². The third-order valence-corrected chi connectivity index (χ3v) is 20.6. The first-order valence-corrected chi connectivity index (χ1v) is 43.0. The molecule has 0 radical (unpaired) electrons. The van der Waals surface area contributed by atoms with Gasteiger partial charge in [-0.2, -0.15) is 0 Å². The van der Waals surface area contributed by atoms with E-state index in [9.17, 15) is 19.8 Å². The minimum absolute atomic E-state index is 0.0269. The predicted molar refractivity (Wildman–Crippen MR) is 407 cm³/mol. The second-order valence-corrected chi connectivity index (χ2v) is 29.9. The van der Waals surface area contributed by atoms with Crippen LogP contribution in [0.3, 0.4) is 0 Å². The van der Waals surface area contributed by atoms with Gasteiger partial charge in [0.25, 0.3) is 0 Å². The number of aliphatic hydroxyl groups is 2. The van der Waals surface area contributed by atoms with E-state index < -0.39 is 12.1 Å². The summed E-state index contributed by atoms with van der Waals surface area (Å²) in [5.74, 6) is -0.0299. The normalized spacial score (nSPS) is 12.4. The van der Waals surface area contributed by atoms with Gasteiger partial charge < -0.3 is 20.3 Å². The summed E-state index contributed by atoms with van der Waals surface area (Å²) in [6.45, 7) is 4.98. The molecule has 92 heavy (non-hydrogen) atoms. The highest BCUT2D eigenvalue weighted by Crippen LogP contribution is 2.21. The van der Waals surface area contributed by atoms with Gasteiger partial charge in [-0.15, -0.1) is 0 Å². The van der Waals surface area contributed by atoms with Crippen molar-refractivity contribution in [3.05, 3.63) is 12.2 Å². The molecule has 0 aliphatic rings. The molecular formula is C86H169NO5. The molecule has 0 fully saturated rings. The highest BCUT2D eigenvalue weighted by atomic mass is 16.5. The van der Waals surface area contributed by atoms with E-state index in [1.54, 1.807) is 6.08 Å². The van der Waals surface area contributed by atoms with E-state index in [1.807, 2.05) is 6.08 Å². The fourth-order valence-electron chi connectivity index (χ4n) is 14.1. The summed E-state index contributed by atoms with van der Waals surface area (Å²) in [5.41, 5.74) is 0. The standard InChI is InChI=1S/C86H169NO5/c1-3-5-7-9-11-13-15-17-19-21-22-23-24-34-37-40-43-47-50-54-58-62-66-70-74-78-84(89)83(82-88)87-85(90)79-75-71-67-63-59-55-51-48-44-41-38-35-32-30-28-26-25-27-29-31-33-36-39-42-45-49-53-57-61-65-69-73-77-81-92-86(91)80-76-72-68-64-60-56-52-46-20-18-16-14-12-10-8-6-4-2/h74,78,83-84,88-89H,3-73,75-77,79-82H2,1-2H3,(H,87,90)/b78-74+. The van der Waals surface area contributed by atoms with Gasteiger partial charge in [-0.3, -0.25) is 9.59 Å². The topological polar surface area (TPSA) is 95.9 Å². The summed E-state index contributed by atoms with van der Waals surface area (Å²) in [5, 5.41) is 23.3. The lowest BCUT2D eigenvalue weighted by molar-refractivity contribution is -0.143. The molecule has 0 aromatic rings. The van der Waals surface area contributed by atoms with Crippen LogP contribution in [-0.4, -0.2) is 47.4 Å². The Morgan fingerprint density at radius 1 is 0.293 bits per heavy atom. The largest absolute Gasteiger partial charge is 0.466 e. The lowest BCUT2D eigenvalue weighted by Gasteiger charge is -2.20. The number of hydrogen-bond acceptors (Lipinski definition) is 5. The van der Waals surface area contributed by atoms with Crippen LogP contribution in [0.4, 0.5) is 0 Å². The molecule has 0 aliphatic carbocycles. The zero-order chi connectivity index (χ0) is 66.3. The van der Waals surface area contributed by atoms with Crippen molar-refractivity contribution < 1.29 is 24.5 Å². The third-order valence-electron chi connectivity index (χ3n) is 20.6. The minimum Gasteiger partial charge on any atom is -0.466 e. The summed E-state index contributed by atoms with van der Waals surface area (Å²) in [4.78, 5) is 24.7. The molecule has 2 unspecified atom stereocenters. The Bertz CT molecular complexity index is 1400. The highest BCUT2D eigenvalue weighted by Gasteiger charge is 2.18. The van der Waals surface area contributed by atoms with E-state index in [1.165, 1.54) is 437 Å². The summed E-state index contributed by atoms with van der Waals surface area (Å²) in [7, 11) is 0. The Morgan fingerprint density at radius 2 is 0.500 bits per heavy atom. The van der Waals surface area contributed by atoms with E-state index in [-0.39, 0.29) is 18.5 Å². The maximum atomic E-state index is 12.6. The Morgan fingerprint density at radius 3 is 0.739 bits per heavy atom. The molecule has 6 nitrogen and oxygen atoms in total. The van der Waals surface area contributed by atoms with Gasteiger partial charge >= 0.3 is 5.97 Å². The van der Waals surface area contributed by atoms with Gasteiger partial charge in [0, 0.05) is 12.8 Å². The fourth-order valence-corrected chi connectivity index (χ4v) is 14.1. The fraction of sp³-hybridized carbons (Fsp3) is 0.953. The van der Waals surface area contributed by atoms with Crippen molar-refractivity contribution in [1.29, 1.82) is 0 Å². The van der Waals surface area contributed by atoms with Crippen LogP contribution in [0.2, 0.25) is 0 Å². The first-order valence-electron chi connectivity index (χ1n) is 43.0. The van der Waals surface area contributed by atoms with Crippen LogP contribution in [-0.2, 0) is 14.3 Å². The Kier molecular flexibility index (Phi) is 80.8. The van der Waals surface area contributed by atoms with E-state index in [0.29, 0.717) is 19.4 Å². The van der Waals surface area contributed by atoms with E-state index in [4.69, 9.17) is 4.74 Å². The number of unbranched alkanes of at least 4 members (excludes halogenated alkanes) is 71. The maximum Gasteiger partial charge on any atom is 0.305 e. The van der Waals surface area contributed by atoms with Gasteiger partial charge in [0.15, 0.2) is 0 Å². The molecule has 0 saturated heterocycles. The maximum absolute atomic E-state index is 12.6. The van der Waals surface area contributed by atoms with Crippen LogP contribution in [0.15, 0.2) is 12.2 Å². The Balaban J connectivity index is 3.33. The molecule has 0 rings (SSSR count). The molecule has 0 aromatic carbocycles. The number of hydrogen-bond donors (Lipinski definition) is 3. The van der Waals surface area contributed by atoms with Gasteiger partial charge in [0.2, 0.25) is 5.91 Å². The summed E-state index contributed by atoms with van der Waals surface area (Å²) in [6, 6.07) is -0.625. The van der Waals surface area contributed by atoms with Crippen molar-refractivity contribution in [2.75, 3.05) is 13.2 Å². The minimum atomic E-state index is -0.842. The van der Waals surface area contributed by atoms with Gasteiger partial charge in [0.1, 0.15) is 0 Å². The van der Waals surface area contributed by atoms with Gasteiger partial charge in [0.05, 0.1) is 25.4 Å². The van der Waals surface area contributed by atoms with Crippen LogP contribution in [0.1, 0.15) is 502 Å². The molecule has 1 amide bonds. The van der Waals surface area contributed by atoms with Crippen LogP contribution < -0.4 is 5.32 Å². The first kappa shape index (κ1) is 90.6. The van der Waals surface area contributed by atoms with Gasteiger partial charge in [-0.1, -0.05) is 469 Å². The Labute approximate surface area is 578 Å². The van der Waals surface area contributed by atoms with Gasteiger partial charge in [-0.05, 0) is 32.1 Å². The number of aliphatic hydroxyl groups excluding tert-OH is 2. The summed E-state index contributed by atoms with van der Waals surface area (Å²) in [6.07, 6.45) is 105. The van der Waals surface area contributed by atoms with Crippen LogP contribution in [0, 0.1) is 0 Å². The molecule has 0 aliphatic heterocycles. The molecule has 0 saturated carbocycles. The molecule has 0 heterocycles. The average molecular weight is 1300 g/mol. The third kappa shape index (κ3) is 77.6. The molecule has 0 spiro atoms. The van der Waals surface area contributed by atoms with Crippen molar-refractivity contribution in [3.8, 4) is 0 Å². The van der Waals surface area contributed by atoms with Crippen molar-refractivity contribution in [2.24, 2.45) is 0 Å². The number of esters is 1. The first-order chi connectivity index (χ1) is 45.5. The zero-order valence-electron chi connectivity index (χ0n) is 63.1. The number of nitrogens with one attached hydrogen (secondary N) is 1. The molecule has 0 aromatic heterocycles. The van der Waals surface area contributed by atoms with E-state index in [2.05, 4.69) is 19.2 Å². The summed E-state index contributed by atoms with van der Waals surface area (Å²) >= 11 is 0. The number of carbonyl (C=O) groups excluding carboxylic acids is 2. The molecule has 3 N–H and O–H groups in total. The highest BCUT2D eigenvalue weighted by molar-refractivity contribution is 5.76. The average Bonchev–Trinajstić information content (AvgIpc) is 3.76. The van der Waals surface area contributed by atoms with Crippen molar-refractivity contribution in [3.63, 3.8) is 0 Å². The molecule has 2 atom stereocenters. The van der Waals surface area contributed by atoms with Crippen LogP contribution >= 0.6 is 0 Å². The number of amides is 1. The van der Waals surface area contributed by atoms with Crippen molar-refractivity contribution in [2.45, 2.75) is 514 Å². The van der Waals surface area contributed by atoms with E-state index >= 15 is 0 Å². The number of allylic oxidation sites excluding steroid dienone is 1. The van der Waals surface area contributed by atoms with Gasteiger partial charge in [-0.25, -0.2) is 0 Å². The quantitative estimate of drug-likeness (QED) is 0.0320. The second-order valence-electron chi connectivity index (χ2n) is 29.9.